The standard InChI is InChI=1S/C66H85N9O21/c1-4-66(86)48-34-52-62-47(39-74(52)38-46(48)64(84)96-65(66)85)61-49(11-10-45-43(3)42(2)32-50(73-62)60(45)61)71-57(80)40-95-41-70-55(78)36-69-63(83)51(33-44-8-6-5-7-9-44)72-56(79)37-68-54(77)35-67-53(76)14-16-87-18-20-89-22-24-91-26-28-93-30-31-94-29-27-92-25-23-90-21-19-88-17-15-75-58(81)12-13-59(75)82/h5-9,12-13,32,34,49,51,86H,4,10-11,14-31,33,35-41H2,1-3H3,(H,67,76)(H,68,77)(H,69,83)(H,70,78)(H,71,80)(H,72,79)/t49-,51-,66-/m0/s1. The van der Waals surface area contributed by atoms with Gasteiger partial charge in [-0.05, 0) is 73.1 Å². The minimum Gasteiger partial charge on any atom is -0.387 e. The minimum absolute atomic E-state index is 0.00484. The third-order valence-electron chi connectivity index (χ3n) is 16.3. The van der Waals surface area contributed by atoms with Gasteiger partial charge in [-0.2, -0.15) is 0 Å². The highest BCUT2D eigenvalue weighted by atomic mass is 16.6. The number of rotatable bonds is 43. The normalized spacial score (nSPS) is 17.2. The number of hydrogen-bond acceptors (Lipinski definition) is 23. The zero-order valence-corrected chi connectivity index (χ0v) is 54.3. The van der Waals surface area contributed by atoms with Crippen LogP contribution in [0.4, 0.5) is 0 Å². The lowest BCUT2D eigenvalue weighted by Gasteiger charge is -2.36. The SMILES string of the molecule is CC[C@@]1(O)C(=O)OC(=O)C2=C1C=C1c3nc4cc(C)c(C)c5c4c(c3CN1C2)[C@@H](NC(=O)COCNC(=O)CNC(=O)[C@H](Cc1ccccc1)NC(=O)CNC(=O)CNC(=O)CCOCCOCCOCCOCCOCCOCCOCCOCCN1C(=O)C=CC1=O)CC5. The Kier molecular flexibility index (Phi) is 28.4. The molecule has 0 saturated carbocycles. The highest BCUT2D eigenvalue weighted by Gasteiger charge is 2.50. The van der Waals surface area contributed by atoms with Crippen LogP contribution in [0.1, 0.15) is 71.3 Å². The van der Waals surface area contributed by atoms with Gasteiger partial charge in [-0.3, -0.25) is 43.3 Å². The number of hydrogen-bond donors (Lipinski definition) is 7. The highest BCUT2D eigenvalue weighted by molar-refractivity contribution is 6.13. The Balaban J connectivity index is 0.637. The second-order valence-corrected chi connectivity index (χ2v) is 22.9. The number of cyclic esters (lactones) is 2. The van der Waals surface area contributed by atoms with Crippen molar-refractivity contribution < 1.29 is 100 Å². The van der Waals surface area contributed by atoms with E-state index in [1.54, 1.807) is 43.3 Å². The van der Waals surface area contributed by atoms with Gasteiger partial charge in [0.05, 0.1) is 167 Å². The molecule has 5 aliphatic rings. The highest BCUT2D eigenvalue weighted by Crippen LogP contribution is 2.48. The van der Waals surface area contributed by atoms with Gasteiger partial charge >= 0.3 is 11.9 Å². The van der Waals surface area contributed by atoms with Gasteiger partial charge in [0.1, 0.15) is 19.4 Å². The molecule has 520 valence electrons. The van der Waals surface area contributed by atoms with E-state index in [0.29, 0.717) is 116 Å². The second-order valence-electron chi connectivity index (χ2n) is 22.9. The summed E-state index contributed by atoms with van der Waals surface area (Å²) in [5, 5.41) is 28.0. The Morgan fingerprint density at radius 2 is 1.23 bits per heavy atom. The number of pyridine rings is 1. The lowest BCUT2D eigenvalue weighted by atomic mass is 9.80. The van der Waals surface area contributed by atoms with Crippen molar-refractivity contribution in [1.29, 1.82) is 0 Å². The average Bonchev–Trinajstić information content (AvgIpc) is 1.45. The number of amides is 8. The molecule has 0 saturated heterocycles. The topological polar surface area (TPSA) is 375 Å². The first-order chi connectivity index (χ1) is 46.4. The first-order valence-corrected chi connectivity index (χ1v) is 32.0. The number of carbonyl (C=O) groups excluding carboxylic acids is 10. The maximum absolute atomic E-state index is 13.6. The van der Waals surface area contributed by atoms with E-state index in [2.05, 4.69) is 38.8 Å². The number of aryl methyl sites for hydroxylation is 2. The van der Waals surface area contributed by atoms with Crippen LogP contribution in [0.3, 0.4) is 0 Å². The molecule has 0 unspecified atom stereocenters. The number of benzene rings is 2. The summed E-state index contributed by atoms with van der Waals surface area (Å²) < 4.78 is 54.2. The van der Waals surface area contributed by atoms with Crippen LogP contribution >= 0.6 is 0 Å². The number of nitrogens with zero attached hydrogens (tertiary/aromatic N) is 3. The maximum Gasteiger partial charge on any atom is 0.350 e. The molecule has 30 nitrogen and oxygen atoms in total. The molecular weight excluding hydrogens is 1250 g/mol. The van der Waals surface area contributed by atoms with Crippen molar-refractivity contribution in [2.75, 3.05) is 152 Å². The van der Waals surface area contributed by atoms with Crippen LogP contribution in [-0.4, -0.2) is 243 Å². The molecule has 0 bridgehead atoms. The molecular formula is C66H85N9O21. The van der Waals surface area contributed by atoms with Crippen LogP contribution in [0.25, 0.3) is 16.6 Å². The summed E-state index contributed by atoms with van der Waals surface area (Å²) in [5.74, 6) is -6.10. The Labute approximate surface area is 554 Å². The van der Waals surface area contributed by atoms with Gasteiger partial charge in [0.15, 0.2) is 5.60 Å². The minimum atomic E-state index is -2.00. The van der Waals surface area contributed by atoms with E-state index in [4.69, 9.17) is 52.4 Å². The molecule has 30 heteroatoms. The van der Waals surface area contributed by atoms with Crippen molar-refractivity contribution in [3.63, 3.8) is 0 Å². The van der Waals surface area contributed by atoms with Gasteiger partial charge in [0, 0.05) is 48.1 Å². The molecule has 1 aliphatic carbocycles. The molecule has 8 amide bonds. The van der Waals surface area contributed by atoms with Crippen molar-refractivity contribution in [3.8, 4) is 0 Å². The van der Waals surface area contributed by atoms with E-state index in [-0.39, 0.29) is 88.5 Å². The fourth-order valence-electron chi connectivity index (χ4n) is 11.2. The predicted octanol–water partition coefficient (Wildman–Crippen LogP) is -0.739. The fourth-order valence-corrected chi connectivity index (χ4v) is 11.2. The molecule has 96 heavy (non-hydrogen) atoms. The number of aliphatic hydroxyl groups is 1. The Bertz CT molecular complexity index is 3380. The molecule has 4 aliphatic heterocycles. The molecule has 0 radical (unpaired) electrons. The van der Waals surface area contributed by atoms with E-state index in [9.17, 15) is 53.1 Å². The monoisotopic (exact) mass is 1340 g/mol. The second kappa shape index (κ2) is 37.2. The molecule has 0 spiro atoms. The number of carbonyl (C=O) groups is 10. The number of imide groups is 1. The smallest absolute Gasteiger partial charge is 0.350 e. The summed E-state index contributed by atoms with van der Waals surface area (Å²) in [6, 6.07) is 9.21. The lowest BCUT2D eigenvalue weighted by Crippen LogP contribution is -2.52. The van der Waals surface area contributed by atoms with E-state index >= 15 is 0 Å². The summed E-state index contributed by atoms with van der Waals surface area (Å²) in [6.45, 7) is 9.47. The Morgan fingerprint density at radius 1 is 0.667 bits per heavy atom. The Morgan fingerprint density at radius 3 is 1.84 bits per heavy atom. The number of esters is 2. The van der Waals surface area contributed by atoms with Gasteiger partial charge in [-0.15, -0.1) is 0 Å². The van der Waals surface area contributed by atoms with E-state index in [1.165, 1.54) is 12.2 Å². The first-order valence-electron chi connectivity index (χ1n) is 32.0. The molecule has 0 fully saturated rings. The zero-order valence-electron chi connectivity index (χ0n) is 54.3. The van der Waals surface area contributed by atoms with Crippen LogP contribution in [0.15, 0.2) is 65.8 Å². The molecule has 7 N–H and O–H groups in total. The largest absolute Gasteiger partial charge is 0.387 e. The molecule has 2 aromatic carbocycles. The fraction of sp³-hybridized carbons (Fsp3) is 0.530. The molecule has 1 aromatic heterocycles. The van der Waals surface area contributed by atoms with Crippen LogP contribution in [0, 0.1) is 13.8 Å². The van der Waals surface area contributed by atoms with Gasteiger partial charge in [0.2, 0.25) is 35.4 Å². The lowest BCUT2D eigenvalue weighted by molar-refractivity contribution is -0.172. The third-order valence-corrected chi connectivity index (χ3v) is 16.3. The van der Waals surface area contributed by atoms with Gasteiger partial charge in [-0.25, -0.2) is 14.6 Å². The number of fused-ring (bicyclic) bond motifs is 4. The van der Waals surface area contributed by atoms with Crippen molar-refractivity contribution in [1.82, 2.24) is 46.7 Å². The van der Waals surface area contributed by atoms with Crippen molar-refractivity contribution in [2.24, 2.45) is 0 Å². The van der Waals surface area contributed by atoms with Gasteiger partial charge in [0.25, 0.3) is 11.8 Å². The average molecular weight is 1340 g/mol. The number of aromatic nitrogens is 1. The molecule has 3 atom stereocenters. The molecule has 8 rings (SSSR count). The maximum atomic E-state index is 13.6. The summed E-state index contributed by atoms with van der Waals surface area (Å²) in [6.07, 6.45) is 5.36. The van der Waals surface area contributed by atoms with Crippen molar-refractivity contribution >= 4 is 75.8 Å². The number of nitrogens with one attached hydrogen (secondary N) is 6. The van der Waals surface area contributed by atoms with Crippen LogP contribution in [0.2, 0.25) is 0 Å². The van der Waals surface area contributed by atoms with Crippen LogP contribution < -0.4 is 31.9 Å². The summed E-state index contributed by atoms with van der Waals surface area (Å²) in [4.78, 5) is 135. The van der Waals surface area contributed by atoms with E-state index in [1.807, 2.05) is 17.9 Å². The van der Waals surface area contributed by atoms with E-state index in [0.717, 1.165) is 43.6 Å². The number of ether oxygens (including phenoxy) is 10. The quantitative estimate of drug-likeness (QED) is 0.0121. The van der Waals surface area contributed by atoms with Crippen LogP contribution in [0.5, 0.6) is 0 Å². The molecule has 5 heterocycles. The molecule has 3 aromatic rings. The van der Waals surface area contributed by atoms with Crippen LogP contribution in [-0.2, 0) is 115 Å². The van der Waals surface area contributed by atoms with Crippen molar-refractivity contribution in [2.45, 2.75) is 77.1 Å². The van der Waals surface area contributed by atoms with E-state index < -0.39 is 91.3 Å². The van der Waals surface area contributed by atoms with Crippen molar-refractivity contribution in [3.05, 3.63) is 105 Å². The third kappa shape index (κ3) is 20.8. The summed E-state index contributed by atoms with van der Waals surface area (Å²) in [7, 11) is 0. The zero-order chi connectivity index (χ0) is 68.4. The summed E-state index contributed by atoms with van der Waals surface area (Å²) >= 11 is 0. The van der Waals surface area contributed by atoms with Gasteiger partial charge in [-0.1, -0.05) is 37.3 Å². The Hall–Kier alpha value is -8.43. The van der Waals surface area contributed by atoms with Gasteiger partial charge < -0.3 is 89.3 Å². The summed E-state index contributed by atoms with van der Waals surface area (Å²) in [5.41, 5.74) is 6.12. The predicted molar refractivity (Wildman–Crippen MR) is 339 cm³/mol. The first kappa shape index (κ1) is 73.4.